The lowest BCUT2D eigenvalue weighted by molar-refractivity contribution is -0.137. The fourth-order valence-electron chi connectivity index (χ4n) is 3.73. The Morgan fingerprint density at radius 3 is 2.24 bits per heavy atom. The molecule has 0 aliphatic heterocycles. The van der Waals surface area contributed by atoms with E-state index in [-0.39, 0.29) is 15.5 Å². The molecule has 1 aromatic rings. The normalized spacial score (nSPS) is 34.1. The molecular formula is C13H14Cl2FN. The Balaban J connectivity index is 1.85. The molecule has 0 radical (unpaired) electrons. The van der Waals surface area contributed by atoms with Crippen molar-refractivity contribution in [2.45, 2.75) is 24.7 Å². The van der Waals surface area contributed by atoms with Gasteiger partial charge in [-0.05, 0) is 54.8 Å². The second-order valence-electron chi connectivity index (χ2n) is 5.59. The molecule has 3 aliphatic carbocycles. The van der Waals surface area contributed by atoms with Crippen molar-refractivity contribution in [2.24, 2.45) is 5.41 Å². The number of hydrogen-bond acceptors (Lipinski definition) is 1. The van der Waals surface area contributed by atoms with Crippen LogP contribution in [0.25, 0.3) is 0 Å². The molecule has 1 aromatic carbocycles. The van der Waals surface area contributed by atoms with Crippen LogP contribution in [-0.2, 0) is 5.41 Å². The standard InChI is InChI=1S/C13H14Cl2FN/c1-17-7-12-4-13(5-12,6-12)8-2-9(14)11(16)10(15)3-8/h2-3,17H,4-7H2,1H3. The summed E-state index contributed by atoms with van der Waals surface area (Å²) in [5.74, 6) is -0.506. The fraction of sp³-hybridized carbons (Fsp3) is 0.538. The number of halogens is 3. The van der Waals surface area contributed by atoms with Crippen LogP contribution in [0.2, 0.25) is 10.0 Å². The van der Waals surface area contributed by atoms with Gasteiger partial charge in [0.25, 0.3) is 0 Å². The maximum Gasteiger partial charge on any atom is 0.160 e. The third kappa shape index (κ3) is 1.54. The van der Waals surface area contributed by atoms with Gasteiger partial charge in [-0.1, -0.05) is 23.2 Å². The topological polar surface area (TPSA) is 12.0 Å². The van der Waals surface area contributed by atoms with Crippen LogP contribution in [0.15, 0.2) is 12.1 Å². The first kappa shape index (κ1) is 11.8. The predicted molar refractivity (Wildman–Crippen MR) is 68.3 cm³/mol. The highest BCUT2D eigenvalue weighted by molar-refractivity contribution is 6.35. The Morgan fingerprint density at radius 1 is 1.24 bits per heavy atom. The molecule has 17 heavy (non-hydrogen) atoms. The van der Waals surface area contributed by atoms with Gasteiger partial charge in [0.15, 0.2) is 5.82 Å². The summed E-state index contributed by atoms with van der Waals surface area (Å²) in [4.78, 5) is 0. The quantitative estimate of drug-likeness (QED) is 0.827. The molecule has 0 unspecified atom stereocenters. The molecule has 1 N–H and O–H groups in total. The van der Waals surface area contributed by atoms with Crippen LogP contribution < -0.4 is 5.32 Å². The van der Waals surface area contributed by atoms with Crippen LogP contribution in [0.4, 0.5) is 4.39 Å². The Morgan fingerprint density at radius 2 is 1.76 bits per heavy atom. The summed E-state index contributed by atoms with van der Waals surface area (Å²) >= 11 is 11.7. The monoisotopic (exact) mass is 273 g/mol. The molecule has 3 fully saturated rings. The van der Waals surface area contributed by atoms with E-state index in [0.29, 0.717) is 5.41 Å². The third-order valence-corrected chi connectivity index (χ3v) is 4.84. The van der Waals surface area contributed by atoms with Crippen molar-refractivity contribution in [2.75, 3.05) is 13.6 Å². The summed E-state index contributed by atoms with van der Waals surface area (Å²) in [5.41, 5.74) is 1.80. The van der Waals surface area contributed by atoms with Crippen LogP contribution >= 0.6 is 23.2 Å². The summed E-state index contributed by atoms with van der Waals surface area (Å²) in [6, 6.07) is 3.48. The molecule has 92 valence electrons. The van der Waals surface area contributed by atoms with Crippen molar-refractivity contribution in [1.82, 2.24) is 5.32 Å². The van der Waals surface area contributed by atoms with E-state index in [2.05, 4.69) is 5.32 Å². The van der Waals surface area contributed by atoms with Crippen LogP contribution in [0.3, 0.4) is 0 Å². The Bertz CT molecular complexity index is 444. The average molecular weight is 274 g/mol. The summed E-state index contributed by atoms with van der Waals surface area (Å²) < 4.78 is 13.4. The first-order valence-electron chi connectivity index (χ1n) is 5.80. The minimum atomic E-state index is -0.506. The molecule has 3 aliphatic rings. The maximum atomic E-state index is 13.4. The largest absolute Gasteiger partial charge is 0.319 e. The maximum absolute atomic E-state index is 13.4. The first-order valence-corrected chi connectivity index (χ1v) is 6.56. The lowest BCUT2D eigenvalue weighted by Gasteiger charge is -2.71. The zero-order valence-electron chi connectivity index (χ0n) is 9.62. The third-order valence-electron chi connectivity index (χ3n) is 4.29. The molecular weight excluding hydrogens is 260 g/mol. The highest BCUT2D eigenvalue weighted by Crippen LogP contribution is 2.73. The SMILES string of the molecule is CNCC12CC(c3cc(Cl)c(F)c(Cl)c3)(C1)C2. The van der Waals surface area contributed by atoms with Gasteiger partial charge >= 0.3 is 0 Å². The molecule has 0 spiro atoms. The molecule has 0 heterocycles. The highest BCUT2D eigenvalue weighted by Gasteiger charge is 2.67. The molecule has 0 amide bonds. The Labute approximate surface area is 110 Å². The van der Waals surface area contributed by atoms with E-state index in [9.17, 15) is 4.39 Å². The molecule has 1 nitrogen and oxygen atoms in total. The van der Waals surface area contributed by atoms with Crippen molar-refractivity contribution in [1.29, 1.82) is 0 Å². The summed E-state index contributed by atoms with van der Waals surface area (Å²) in [7, 11) is 1.98. The van der Waals surface area contributed by atoms with E-state index in [1.165, 1.54) is 19.3 Å². The summed E-state index contributed by atoms with van der Waals surface area (Å²) in [5, 5.41) is 3.51. The second-order valence-corrected chi connectivity index (χ2v) is 6.41. The minimum Gasteiger partial charge on any atom is -0.319 e. The summed E-state index contributed by atoms with van der Waals surface area (Å²) in [6.07, 6.45) is 3.50. The highest BCUT2D eigenvalue weighted by atomic mass is 35.5. The van der Waals surface area contributed by atoms with E-state index in [1.54, 1.807) is 12.1 Å². The lowest BCUT2D eigenvalue weighted by atomic mass is 9.33. The average Bonchev–Trinajstić information content (AvgIpc) is 2.17. The van der Waals surface area contributed by atoms with Crippen LogP contribution in [-0.4, -0.2) is 13.6 Å². The van der Waals surface area contributed by atoms with Gasteiger partial charge in [0, 0.05) is 6.54 Å². The fourth-order valence-corrected chi connectivity index (χ4v) is 4.22. The Kier molecular flexibility index (Phi) is 2.49. The van der Waals surface area contributed by atoms with Gasteiger partial charge in [-0.3, -0.25) is 0 Å². The van der Waals surface area contributed by atoms with Crippen LogP contribution in [0.5, 0.6) is 0 Å². The number of benzene rings is 1. The molecule has 0 aromatic heterocycles. The first-order chi connectivity index (χ1) is 8.00. The van der Waals surface area contributed by atoms with Gasteiger partial charge < -0.3 is 5.32 Å². The van der Waals surface area contributed by atoms with E-state index in [1.807, 2.05) is 7.05 Å². The van der Waals surface area contributed by atoms with Crippen molar-refractivity contribution in [3.05, 3.63) is 33.6 Å². The molecule has 4 heteroatoms. The van der Waals surface area contributed by atoms with E-state index < -0.39 is 5.82 Å². The number of hydrogen-bond donors (Lipinski definition) is 1. The van der Waals surface area contributed by atoms with Crippen LogP contribution in [0.1, 0.15) is 24.8 Å². The van der Waals surface area contributed by atoms with Gasteiger partial charge in [0.05, 0.1) is 10.0 Å². The van der Waals surface area contributed by atoms with Crippen molar-refractivity contribution in [3.63, 3.8) is 0 Å². The molecule has 0 atom stereocenters. The lowest BCUT2D eigenvalue weighted by Crippen LogP contribution is -2.67. The van der Waals surface area contributed by atoms with E-state index >= 15 is 0 Å². The van der Waals surface area contributed by atoms with E-state index in [0.717, 1.165) is 12.1 Å². The molecule has 2 bridgehead atoms. The predicted octanol–water partition coefficient (Wildman–Crippen LogP) is 3.77. The zero-order chi connectivity index (χ0) is 12.3. The minimum absolute atomic E-state index is 0.139. The number of rotatable bonds is 3. The van der Waals surface area contributed by atoms with Crippen molar-refractivity contribution in [3.8, 4) is 0 Å². The van der Waals surface area contributed by atoms with Gasteiger partial charge in [-0.2, -0.15) is 0 Å². The molecule has 0 saturated heterocycles. The number of nitrogens with one attached hydrogen (secondary N) is 1. The van der Waals surface area contributed by atoms with Gasteiger partial charge in [-0.25, -0.2) is 4.39 Å². The Hall–Kier alpha value is -0.310. The van der Waals surface area contributed by atoms with Crippen molar-refractivity contribution < 1.29 is 4.39 Å². The smallest absolute Gasteiger partial charge is 0.160 e. The molecule has 3 saturated carbocycles. The van der Waals surface area contributed by atoms with Gasteiger partial charge in [0.2, 0.25) is 0 Å². The van der Waals surface area contributed by atoms with Crippen molar-refractivity contribution >= 4 is 23.2 Å². The van der Waals surface area contributed by atoms with E-state index in [4.69, 9.17) is 23.2 Å². The van der Waals surface area contributed by atoms with Gasteiger partial charge in [0.1, 0.15) is 0 Å². The van der Waals surface area contributed by atoms with Crippen LogP contribution in [0, 0.1) is 11.2 Å². The van der Waals surface area contributed by atoms with Gasteiger partial charge in [-0.15, -0.1) is 0 Å². The summed E-state index contributed by atoms with van der Waals surface area (Å²) in [6.45, 7) is 1.07. The second kappa shape index (κ2) is 3.59. The molecule has 4 rings (SSSR count). The zero-order valence-corrected chi connectivity index (χ0v) is 11.1.